The molecule has 2 heterocycles. The van der Waals surface area contributed by atoms with Crippen LogP contribution in [-0.2, 0) is 6.18 Å². The van der Waals surface area contributed by atoms with Crippen molar-refractivity contribution >= 4 is 11.5 Å². The first-order chi connectivity index (χ1) is 13.8. The lowest BCUT2D eigenvalue weighted by Crippen LogP contribution is -2.53. The minimum Gasteiger partial charge on any atom is -0.390 e. The number of nitrogens with zero attached hydrogens (tertiary/aromatic N) is 3. The summed E-state index contributed by atoms with van der Waals surface area (Å²) in [6.45, 7) is 0. The fraction of sp³-hybridized carbons (Fsp3) is 0.429. The predicted molar refractivity (Wildman–Crippen MR) is 102 cm³/mol. The van der Waals surface area contributed by atoms with Crippen molar-refractivity contribution in [1.29, 1.82) is 0 Å². The van der Waals surface area contributed by atoms with Gasteiger partial charge in [-0.25, -0.2) is 9.50 Å². The van der Waals surface area contributed by atoms with Crippen LogP contribution in [0.15, 0.2) is 42.6 Å². The zero-order chi connectivity index (χ0) is 20.3. The Labute approximate surface area is 165 Å². The standard InChI is InChI=1S/C21H21F3N4O/c22-21(23,24)15-3-1-2-14(12-15)16-13-25-18-5-4-17(27-28(16)18)26-19-6-9-20(29,10-7-19)11-8-19/h1-5,12-13,29H,6-11H2,(H,26,27). The fourth-order valence-corrected chi connectivity index (χ4v) is 4.62. The molecule has 2 bridgehead atoms. The van der Waals surface area contributed by atoms with Crippen LogP contribution in [0.5, 0.6) is 0 Å². The molecule has 152 valence electrons. The molecule has 0 saturated heterocycles. The van der Waals surface area contributed by atoms with Crippen LogP contribution in [0.4, 0.5) is 19.0 Å². The van der Waals surface area contributed by atoms with Crippen LogP contribution in [0.2, 0.25) is 0 Å². The highest BCUT2D eigenvalue weighted by Gasteiger charge is 2.47. The lowest BCUT2D eigenvalue weighted by atomic mass is 9.63. The Balaban J connectivity index is 1.49. The van der Waals surface area contributed by atoms with E-state index >= 15 is 0 Å². The Kier molecular flexibility index (Phi) is 3.93. The second-order valence-electron chi connectivity index (χ2n) is 8.34. The highest BCUT2D eigenvalue weighted by Crippen LogP contribution is 2.48. The highest BCUT2D eigenvalue weighted by molar-refractivity contribution is 5.64. The van der Waals surface area contributed by atoms with Gasteiger partial charge >= 0.3 is 6.18 Å². The van der Waals surface area contributed by atoms with Gasteiger partial charge in [-0.1, -0.05) is 12.1 Å². The van der Waals surface area contributed by atoms with Gasteiger partial charge in [-0.05, 0) is 62.8 Å². The average molecular weight is 402 g/mol. The van der Waals surface area contributed by atoms with Crippen molar-refractivity contribution in [3.63, 3.8) is 0 Å². The van der Waals surface area contributed by atoms with Gasteiger partial charge in [-0.15, -0.1) is 5.10 Å². The summed E-state index contributed by atoms with van der Waals surface area (Å²) in [5.41, 5.74) is 0.200. The van der Waals surface area contributed by atoms with Gasteiger partial charge in [-0.2, -0.15) is 13.2 Å². The van der Waals surface area contributed by atoms with E-state index in [9.17, 15) is 18.3 Å². The first-order valence-electron chi connectivity index (χ1n) is 9.79. The second-order valence-corrected chi connectivity index (χ2v) is 8.34. The molecular formula is C21H21F3N4O. The monoisotopic (exact) mass is 402 g/mol. The first kappa shape index (κ1) is 18.4. The van der Waals surface area contributed by atoms with E-state index in [2.05, 4.69) is 15.4 Å². The molecular weight excluding hydrogens is 381 g/mol. The number of halogens is 3. The lowest BCUT2D eigenvalue weighted by Gasteiger charge is -2.51. The van der Waals surface area contributed by atoms with Gasteiger partial charge in [0.15, 0.2) is 5.65 Å². The molecule has 0 spiro atoms. The van der Waals surface area contributed by atoms with Gasteiger partial charge < -0.3 is 10.4 Å². The van der Waals surface area contributed by atoms with Crippen LogP contribution in [0.3, 0.4) is 0 Å². The number of aromatic nitrogens is 3. The molecule has 3 aliphatic carbocycles. The molecule has 1 aromatic carbocycles. The largest absolute Gasteiger partial charge is 0.416 e. The zero-order valence-corrected chi connectivity index (χ0v) is 15.7. The van der Waals surface area contributed by atoms with Gasteiger partial charge in [0.2, 0.25) is 0 Å². The average Bonchev–Trinajstić information content (AvgIpc) is 3.12. The number of benzene rings is 1. The van der Waals surface area contributed by atoms with Crippen LogP contribution in [0, 0.1) is 0 Å². The Bertz CT molecular complexity index is 1050. The molecule has 29 heavy (non-hydrogen) atoms. The number of aliphatic hydroxyl groups is 1. The fourth-order valence-electron chi connectivity index (χ4n) is 4.62. The summed E-state index contributed by atoms with van der Waals surface area (Å²) in [5, 5.41) is 18.6. The summed E-state index contributed by atoms with van der Waals surface area (Å²) in [6, 6.07) is 8.85. The minimum atomic E-state index is -4.40. The quantitative estimate of drug-likeness (QED) is 0.669. The molecule has 0 amide bonds. The molecule has 3 aromatic rings. The van der Waals surface area contributed by atoms with Crippen LogP contribution in [-0.4, -0.2) is 30.8 Å². The predicted octanol–water partition coefficient (Wildman–Crippen LogP) is 4.66. The minimum absolute atomic E-state index is 0.0812. The maximum Gasteiger partial charge on any atom is 0.416 e. The molecule has 3 saturated carbocycles. The van der Waals surface area contributed by atoms with Crippen molar-refractivity contribution in [3.8, 4) is 11.3 Å². The molecule has 0 radical (unpaired) electrons. The number of imidazole rings is 1. The van der Waals surface area contributed by atoms with Crippen molar-refractivity contribution in [2.45, 2.75) is 55.8 Å². The Morgan fingerprint density at radius 1 is 1.00 bits per heavy atom. The third-order valence-corrected chi connectivity index (χ3v) is 6.45. The SMILES string of the molecule is OC12CCC(Nc3ccc4ncc(-c5cccc(C(F)(F)F)c5)n4n3)(CC1)CC2. The normalized spacial score (nSPS) is 26.8. The smallest absolute Gasteiger partial charge is 0.390 e. The summed E-state index contributed by atoms with van der Waals surface area (Å²) >= 11 is 0. The molecule has 6 rings (SSSR count). The van der Waals surface area contributed by atoms with Crippen LogP contribution >= 0.6 is 0 Å². The number of nitrogens with one attached hydrogen (secondary N) is 1. The van der Waals surface area contributed by atoms with Crippen LogP contribution in [0.1, 0.15) is 44.1 Å². The van der Waals surface area contributed by atoms with E-state index < -0.39 is 17.3 Å². The molecule has 2 N–H and O–H groups in total. The Hall–Kier alpha value is -2.61. The van der Waals surface area contributed by atoms with E-state index in [1.807, 2.05) is 12.1 Å². The van der Waals surface area contributed by atoms with Gasteiger partial charge in [0.1, 0.15) is 5.82 Å². The summed E-state index contributed by atoms with van der Waals surface area (Å²) in [4.78, 5) is 4.29. The summed E-state index contributed by atoms with van der Waals surface area (Å²) in [6.07, 6.45) is 2.13. The molecule has 0 unspecified atom stereocenters. The van der Waals surface area contributed by atoms with E-state index in [1.54, 1.807) is 16.8 Å². The van der Waals surface area contributed by atoms with Crippen molar-refractivity contribution in [3.05, 3.63) is 48.2 Å². The van der Waals surface area contributed by atoms with E-state index in [-0.39, 0.29) is 5.54 Å². The molecule has 2 aromatic heterocycles. The van der Waals surface area contributed by atoms with E-state index in [1.165, 1.54) is 6.07 Å². The Morgan fingerprint density at radius 3 is 2.41 bits per heavy atom. The topological polar surface area (TPSA) is 62.5 Å². The second kappa shape index (κ2) is 6.19. The van der Waals surface area contributed by atoms with Crippen LogP contribution in [0.25, 0.3) is 16.9 Å². The molecule has 3 aliphatic rings. The molecule has 0 aliphatic heterocycles. The molecule has 5 nitrogen and oxygen atoms in total. The molecule has 3 fully saturated rings. The number of anilines is 1. The van der Waals surface area contributed by atoms with Crippen molar-refractivity contribution in [1.82, 2.24) is 14.6 Å². The molecule has 0 atom stereocenters. The summed E-state index contributed by atoms with van der Waals surface area (Å²) in [5.74, 6) is 0.663. The third-order valence-electron chi connectivity index (χ3n) is 6.45. The highest BCUT2D eigenvalue weighted by atomic mass is 19.4. The number of hydrogen-bond acceptors (Lipinski definition) is 4. The first-order valence-corrected chi connectivity index (χ1v) is 9.79. The van der Waals surface area contributed by atoms with Gasteiger partial charge in [0, 0.05) is 11.1 Å². The lowest BCUT2D eigenvalue weighted by molar-refractivity contribution is -0.137. The summed E-state index contributed by atoms with van der Waals surface area (Å²) < 4.78 is 40.9. The Morgan fingerprint density at radius 2 is 1.72 bits per heavy atom. The molecule has 8 heteroatoms. The maximum absolute atomic E-state index is 13.1. The van der Waals surface area contributed by atoms with E-state index in [4.69, 9.17) is 0 Å². The van der Waals surface area contributed by atoms with Crippen molar-refractivity contribution in [2.24, 2.45) is 0 Å². The maximum atomic E-state index is 13.1. The van der Waals surface area contributed by atoms with E-state index in [0.29, 0.717) is 22.7 Å². The number of hydrogen-bond donors (Lipinski definition) is 2. The van der Waals surface area contributed by atoms with Crippen LogP contribution < -0.4 is 5.32 Å². The van der Waals surface area contributed by atoms with Crippen molar-refractivity contribution in [2.75, 3.05) is 5.32 Å². The van der Waals surface area contributed by atoms with Gasteiger partial charge in [0.25, 0.3) is 0 Å². The van der Waals surface area contributed by atoms with Gasteiger partial charge in [0.05, 0.1) is 23.1 Å². The third kappa shape index (κ3) is 3.25. The number of fused-ring (bicyclic) bond motifs is 4. The van der Waals surface area contributed by atoms with Gasteiger partial charge in [-0.3, -0.25) is 0 Å². The number of alkyl halides is 3. The number of rotatable bonds is 3. The zero-order valence-electron chi connectivity index (χ0n) is 15.7. The summed E-state index contributed by atoms with van der Waals surface area (Å²) in [7, 11) is 0. The van der Waals surface area contributed by atoms with Crippen molar-refractivity contribution < 1.29 is 18.3 Å². The van der Waals surface area contributed by atoms with E-state index in [0.717, 1.165) is 50.7 Å².